The molecule has 104 valence electrons. The molecule has 1 fully saturated rings. The van der Waals surface area contributed by atoms with Gasteiger partial charge in [0.25, 0.3) is 0 Å². The summed E-state index contributed by atoms with van der Waals surface area (Å²) in [6, 6.07) is 5.01. The largest absolute Gasteiger partial charge is 0.416 e. The molecule has 1 saturated heterocycles. The van der Waals surface area contributed by atoms with Crippen LogP contribution < -0.4 is 11.1 Å². The second-order valence-electron chi connectivity index (χ2n) is 4.37. The molecule has 0 radical (unpaired) electrons. The van der Waals surface area contributed by atoms with Gasteiger partial charge in [0.1, 0.15) is 0 Å². The molecule has 1 aliphatic rings. The Morgan fingerprint density at radius 3 is 2.47 bits per heavy atom. The lowest BCUT2D eigenvalue weighted by Gasteiger charge is -2.37. The Bertz CT molecular complexity index is 458. The molecule has 1 unspecified atom stereocenters. The molecule has 0 aromatic heterocycles. The van der Waals surface area contributed by atoms with E-state index in [9.17, 15) is 13.2 Å². The minimum absolute atomic E-state index is 0.117. The van der Waals surface area contributed by atoms with Crippen LogP contribution >= 0.6 is 12.2 Å². The Morgan fingerprint density at radius 1 is 1.32 bits per heavy atom. The van der Waals surface area contributed by atoms with Crippen LogP contribution in [0.5, 0.6) is 0 Å². The second-order valence-corrected chi connectivity index (χ2v) is 4.79. The topological polar surface area (TPSA) is 41.3 Å². The lowest BCUT2D eigenvalue weighted by molar-refractivity contribution is -0.137. The third kappa shape index (κ3) is 3.16. The first kappa shape index (κ1) is 14.1. The number of rotatable bonds is 1. The number of hydrogen-bond acceptors (Lipinski definition) is 2. The average molecular weight is 289 g/mol. The normalized spacial score (nSPS) is 20.4. The summed E-state index contributed by atoms with van der Waals surface area (Å²) in [4.78, 5) is 1.83. The van der Waals surface area contributed by atoms with Crippen LogP contribution in [-0.2, 0) is 6.18 Å². The second kappa shape index (κ2) is 5.34. The van der Waals surface area contributed by atoms with Crippen LogP contribution in [0.4, 0.5) is 13.2 Å². The molecule has 0 amide bonds. The molecule has 1 aromatic rings. The summed E-state index contributed by atoms with van der Waals surface area (Å²) >= 11 is 4.97. The highest BCUT2D eigenvalue weighted by atomic mass is 32.1. The van der Waals surface area contributed by atoms with Crippen molar-refractivity contribution >= 4 is 17.3 Å². The quantitative estimate of drug-likeness (QED) is 0.775. The molecule has 3 N–H and O–H groups in total. The summed E-state index contributed by atoms with van der Waals surface area (Å²) < 4.78 is 37.5. The fraction of sp³-hybridized carbons (Fsp3) is 0.417. The third-order valence-electron chi connectivity index (χ3n) is 3.15. The van der Waals surface area contributed by atoms with E-state index in [1.165, 1.54) is 12.1 Å². The summed E-state index contributed by atoms with van der Waals surface area (Å²) in [6.45, 7) is 2.03. The summed E-state index contributed by atoms with van der Waals surface area (Å²) in [6.07, 6.45) is -4.31. The number of piperazine rings is 1. The maximum Gasteiger partial charge on any atom is 0.416 e. The zero-order chi connectivity index (χ0) is 14.0. The van der Waals surface area contributed by atoms with Crippen molar-refractivity contribution < 1.29 is 13.2 Å². The molecule has 1 atom stereocenters. The minimum Gasteiger partial charge on any atom is -0.376 e. The van der Waals surface area contributed by atoms with Crippen LogP contribution in [0.2, 0.25) is 0 Å². The van der Waals surface area contributed by atoms with Gasteiger partial charge in [-0.2, -0.15) is 13.2 Å². The van der Waals surface area contributed by atoms with Gasteiger partial charge < -0.3 is 16.0 Å². The number of hydrogen-bond donors (Lipinski definition) is 2. The number of halogens is 3. The molecule has 0 spiro atoms. The van der Waals surface area contributed by atoms with Crippen LogP contribution in [-0.4, -0.2) is 29.6 Å². The van der Waals surface area contributed by atoms with E-state index in [1.807, 2.05) is 4.90 Å². The van der Waals surface area contributed by atoms with Crippen LogP contribution in [0, 0.1) is 0 Å². The molecule has 0 bridgehead atoms. The Labute approximate surface area is 114 Å². The van der Waals surface area contributed by atoms with Crippen molar-refractivity contribution in [3.05, 3.63) is 35.4 Å². The number of nitrogens with two attached hydrogens (primary N) is 1. The monoisotopic (exact) mass is 289 g/mol. The van der Waals surface area contributed by atoms with Crippen molar-refractivity contribution in [2.45, 2.75) is 12.2 Å². The molecule has 19 heavy (non-hydrogen) atoms. The van der Waals surface area contributed by atoms with E-state index >= 15 is 0 Å². The summed E-state index contributed by atoms with van der Waals surface area (Å²) in [7, 11) is 0. The van der Waals surface area contributed by atoms with E-state index in [4.69, 9.17) is 18.0 Å². The van der Waals surface area contributed by atoms with Gasteiger partial charge in [-0.3, -0.25) is 0 Å². The summed E-state index contributed by atoms with van der Waals surface area (Å²) in [5.74, 6) is 0. The lowest BCUT2D eigenvalue weighted by Crippen LogP contribution is -2.50. The van der Waals surface area contributed by atoms with Gasteiger partial charge in [-0.05, 0) is 29.9 Å². The number of thiocarbonyl (C=S) groups is 1. The maximum absolute atomic E-state index is 12.5. The van der Waals surface area contributed by atoms with E-state index in [0.29, 0.717) is 13.1 Å². The molecular weight excluding hydrogens is 275 g/mol. The zero-order valence-electron chi connectivity index (χ0n) is 10.1. The first-order valence-corrected chi connectivity index (χ1v) is 6.24. The van der Waals surface area contributed by atoms with Crippen molar-refractivity contribution in [3.8, 4) is 0 Å². The number of alkyl halides is 3. The standard InChI is InChI=1S/C12H14F3N3S/c13-12(14,15)9-3-1-8(2-4-9)10-7-17-5-6-18(10)11(16)19/h1-4,10,17H,5-7H2,(H2,16,19). The molecule has 1 aliphatic heterocycles. The highest BCUT2D eigenvalue weighted by Crippen LogP contribution is 2.31. The molecule has 3 nitrogen and oxygen atoms in total. The Morgan fingerprint density at radius 2 is 1.95 bits per heavy atom. The average Bonchev–Trinajstić information content (AvgIpc) is 2.38. The zero-order valence-corrected chi connectivity index (χ0v) is 10.9. The highest BCUT2D eigenvalue weighted by Gasteiger charge is 2.31. The van der Waals surface area contributed by atoms with Crippen LogP contribution in [0.25, 0.3) is 0 Å². The fourth-order valence-corrected chi connectivity index (χ4v) is 2.38. The van der Waals surface area contributed by atoms with Crippen molar-refractivity contribution in [2.75, 3.05) is 19.6 Å². The Hall–Kier alpha value is -1.34. The first-order valence-electron chi connectivity index (χ1n) is 5.83. The van der Waals surface area contributed by atoms with Gasteiger partial charge in [-0.1, -0.05) is 12.1 Å². The first-order chi connectivity index (χ1) is 8.89. The van der Waals surface area contributed by atoms with Crippen LogP contribution in [0.15, 0.2) is 24.3 Å². The number of benzene rings is 1. The van der Waals surface area contributed by atoms with Crippen LogP contribution in [0.1, 0.15) is 17.2 Å². The van der Waals surface area contributed by atoms with Crippen molar-refractivity contribution in [1.29, 1.82) is 0 Å². The number of nitrogens with zero attached hydrogens (tertiary/aromatic N) is 1. The molecule has 1 aromatic carbocycles. The predicted octanol–water partition coefficient (Wildman–Crippen LogP) is 1.90. The van der Waals surface area contributed by atoms with Gasteiger partial charge in [0.15, 0.2) is 5.11 Å². The van der Waals surface area contributed by atoms with Gasteiger partial charge in [0.05, 0.1) is 11.6 Å². The van der Waals surface area contributed by atoms with E-state index < -0.39 is 11.7 Å². The molecular formula is C12H14F3N3S. The smallest absolute Gasteiger partial charge is 0.376 e. The Kier molecular flexibility index (Phi) is 3.96. The lowest BCUT2D eigenvalue weighted by atomic mass is 10.0. The van der Waals surface area contributed by atoms with Crippen LogP contribution in [0.3, 0.4) is 0 Å². The van der Waals surface area contributed by atoms with E-state index in [2.05, 4.69) is 5.32 Å². The highest BCUT2D eigenvalue weighted by molar-refractivity contribution is 7.80. The van der Waals surface area contributed by atoms with Gasteiger partial charge in [0, 0.05) is 19.6 Å². The summed E-state index contributed by atoms with van der Waals surface area (Å²) in [5.41, 5.74) is 5.76. The third-order valence-corrected chi connectivity index (χ3v) is 3.38. The summed E-state index contributed by atoms with van der Waals surface area (Å²) in [5, 5.41) is 3.45. The van der Waals surface area contributed by atoms with Crippen molar-refractivity contribution in [3.63, 3.8) is 0 Å². The van der Waals surface area contributed by atoms with Gasteiger partial charge in [-0.25, -0.2) is 0 Å². The van der Waals surface area contributed by atoms with Gasteiger partial charge >= 0.3 is 6.18 Å². The molecule has 7 heteroatoms. The van der Waals surface area contributed by atoms with E-state index in [-0.39, 0.29) is 11.2 Å². The van der Waals surface area contributed by atoms with Crippen molar-refractivity contribution in [1.82, 2.24) is 10.2 Å². The predicted molar refractivity (Wildman–Crippen MR) is 70.5 cm³/mol. The SMILES string of the molecule is NC(=S)N1CCNCC1c1ccc(C(F)(F)F)cc1. The van der Waals surface area contributed by atoms with Crippen molar-refractivity contribution in [2.24, 2.45) is 5.73 Å². The van der Waals surface area contributed by atoms with E-state index in [0.717, 1.165) is 24.2 Å². The minimum atomic E-state index is -4.31. The van der Waals surface area contributed by atoms with Gasteiger partial charge in [0.2, 0.25) is 0 Å². The molecule has 0 saturated carbocycles. The molecule has 1 heterocycles. The molecule has 2 rings (SSSR count). The molecule has 0 aliphatic carbocycles. The number of nitrogens with one attached hydrogen (secondary N) is 1. The Balaban J connectivity index is 2.23. The van der Waals surface area contributed by atoms with E-state index in [1.54, 1.807) is 0 Å². The fourth-order valence-electron chi connectivity index (χ4n) is 2.16. The maximum atomic E-state index is 12.5. The van der Waals surface area contributed by atoms with Gasteiger partial charge in [-0.15, -0.1) is 0 Å².